The number of likely N-dealkylation sites (tertiary alicyclic amines) is 1. The van der Waals surface area contributed by atoms with Crippen LogP contribution in [0.25, 0.3) is 0 Å². The molecule has 1 heterocycles. The van der Waals surface area contributed by atoms with E-state index in [4.69, 9.17) is 9.47 Å². The lowest BCUT2D eigenvalue weighted by molar-refractivity contribution is 0.0413. The zero-order chi connectivity index (χ0) is 18.1. The molecule has 0 bridgehead atoms. The first-order chi connectivity index (χ1) is 12.6. The van der Waals surface area contributed by atoms with Gasteiger partial charge in [-0.05, 0) is 37.5 Å². The average molecular weight is 352 g/mol. The van der Waals surface area contributed by atoms with Crippen LogP contribution in [-0.4, -0.2) is 37.2 Å². The first-order valence-electron chi connectivity index (χ1n) is 9.03. The van der Waals surface area contributed by atoms with Crippen molar-refractivity contribution in [3.8, 4) is 11.5 Å². The van der Waals surface area contributed by atoms with Crippen LogP contribution in [0.3, 0.4) is 0 Å². The number of ether oxygens (including phenoxy) is 2. The average Bonchev–Trinajstić information content (AvgIpc) is 3.39. The summed E-state index contributed by atoms with van der Waals surface area (Å²) in [6, 6.07) is 16.0. The zero-order valence-corrected chi connectivity index (χ0v) is 15.2. The fourth-order valence-corrected chi connectivity index (χ4v) is 3.34. The fourth-order valence-electron chi connectivity index (χ4n) is 3.34. The Balaban J connectivity index is 1.32. The Hall–Kier alpha value is -2.69. The van der Waals surface area contributed by atoms with Crippen LogP contribution in [0.15, 0.2) is 48.5 Å². The largest absolute Gasteiger partial charge is 0.493 e. The Morgan fingerprint density at radius 1 is 1.08 bits per heavy atom. The summed E-state index contributed by atoms with van der Waals surface area (Å²) in [4.78, 5) is 14.4. The minimum atomic E-state index is -0.181. The highest BCUT2D eigenvalue weighted by molar-refractivity contribution is 5.77. The molecule has 4 rings (SSSR count). The Morgan fingerprint density at radius 2 is 1.73 bits per heavy atom. The molecular weight excluding hydrogens is 328 g/mol. The van der Waals surface area contributed by atoms with Gasteiger partial charge in [0.25, 0.3) is 0 Å². The maximum absolute atomic E-state index is 12.6. The van der Waals surface area contributed by atoms with Gasteiger partial charge in [0, 0.05) is 0 Å². The van der Waals surface area contributed by atoms with Crippen LogP contribution in [0.1, 0.15) is 24.0 Å². The number of rotatable bonds is 5. The standard InChI is InChI=1S/C21H24N2O3/c1-15-7-9-16(10-8-15)21(11-12-21)22-20(24)23-13-17(14-23)26-19-6-4-3-5-18(19)25-2/h3-10,17H,11-14H2,1-2H3,(H,22,24). The van der Waals surface area contributed by atoms with Crippen LogP contribution < -0.4 is 14.8 Å². The predicted octanol–water partition coefficient (Wildman–Crippen LogP) is 3.47. The van der Waals surface area contributed by atoms with Gasteiger partial charge in [0.2, 0.25) is 0 Å². The predicted molar refractivity (Wildman–Crippen MR) is 99.6 cm³/mol. The Bertz CT molecular complexity index is 793. The van der Waals surface area contributed by atoms with Crippen LogP contribution in [0.2, 0.25) is 0 Å². The van der Waals surface area contributed by atoms with Crippen LogP contribution in [0, 0.1) is 6.92 Å². The monoisotopic (exact) mass is 352 g/mol. The number of nitrogens with one attached hydrogen (secondary N) is 1. The molecule has 26 heavy (non-hydrogen) atoms. The number of nitrogens with zero attached hydrogens (tertiary/aromatic N) is 1. The van der Waals surface area contributed by atoms with Crippen molar-refractivity contribution in [2.45, 2.75) is 31.4 Å². The number of hydrogen-bond donors (Lipinski definition) is 1. The van der Waals surface area contributed by atoms with Crippen molar-refractivity contribution in [2.75, 3.05) is 20.2 Å². The fraction of sp³-hybridized carbons (Fsp3) is 0.381. The molecule has 0 atom stereocenters. The molecule has 2 fully saturated rings. The van der Waals surface area contributed by atoms with E-state index in [-0.39, 0.29) is 17.7 Å². The third-order valence-electron chi connectivity index (χ3n) is 5.20. The van der Waals surface area contributed by atoms with Crippen LogP contribution >= 0.6 is 0 Å². The molecule has 0 radical (unpaired) electrons. The maximum Gasteiger partial charge on any atom is 0.318 e. The molecule has 2 amide bonds. The van der Waals surface area contributed by atoms with E-state index in [9.17, 15) is 4.79 Å². The molecule has 2 aromatic rings. The SMILES string of the molecule is COc1ccccc1OC1CN(C(=O)NC2(c3ccc(C)cc3)CC2)C1. The highest BCUT2D eigenvalue weighted by atomic mass is 16.5. The lowest BCUT2D eigenvalue weighted by Crippen LogP contribution is -2.60. The van der Waals surface area contributed by atoms with Crippen molar-refractivity contribution in [1.82, 2.24) is 10.2 Å². The van der Waals surface area contributed by atoms with E-state index in [1.165, 1.54) is 11.1 Å². The van der Waals surface area contributed by atoms with Gasteiger partial charge in [-0.1, -0.05) is 42.0 Å². The summed E-state index contributed by atoms with van der Waals surface area (Å²) in [6.07, 6.45) is 2.00. The summed E-state index contributed by atoms with van der Waals surface area (Å²) in [5, 5.41) is 3.22. The van der Waals surface area contributed by atoms with Gasteiger partial charge >= 0.3 is 6.03 Å². The summed E-state index contributed by atoms with van der Waals surface area (Å²) in [5.41, 5.74) is 2.24. The number of aryl methyl sites for hydroxylation is 1. The molecule has 2 aliphatic rings. The molecule has 2 aromatic carbocycles. The number of benzene rings is 2. The zero-order valence-electron chi connectivity index (χ0n) is 15.2. The van der Waals surface area contributed by atoms with E-state index in [0.717, 1.165) is 18.6 Å². The maximum atomic E-state index is 12.6. The van der Waals surface area contributed by atoms with Crippen molar-refractivity contribution < 1.29 is 14.3 Å². The highest BCUT2D eigenvalue weighted by Gasteiger charge is 2.47. The summed E-state index contributed by atoms with van der Waals surface area (Å²) in [5.74, 6) is 1.44. The number of methoxy groups -OCH3 is 1. The summed E-state index contributed by atoms with van der Waals surface area (Å²) in [7, 11) is 1.63. The number of hydrogen-bond acceptors (Lipinski definition) is 3. The third-order valence-corrected chi connectivity index (χ3v) is 5.20. The molecule has 0 aromatic heterocycles. The third kappa shape index (κ3) is 3.21. The molecule has 5 heteroatoms. The highest BCUT2D eigenvalue weighted by Crippen LogP contribution is 2.45. The molecule has 136 valence electrons. The van der Waals surface area contributed by atoms with E-state index < -0.39 is 0 Å². The van der Waals surface area contributed by atoms with Gasteiger partial charge < -0.3 is 19.7 Å². The molecule has 0 spiro atoms. The minimum absolute atomic E-state index is 0.00609. The lowest BCUT2D eigenvalue weighted by Gasteiger charge is -2.39. The van der Waals surface area contributed by atoms with E-state index in [1.54, 1.807) is 12.0 Å². The van der Waals surface area contributed by atoms with Crippen molar-refractivity contribution in [1.29, 1.82) is 0 Å². The van der Waals surface area contributed by atoms with Gasteiger partial charge in [-0.15, -0.1) is 0 Å². The van der Waals surface area contributed by atoms with Crippen LogP contribution in [0.5, 0.6) is 11.5 Å². The molecule has 1 N–H and O–H groups in total. The molecule has 1 saturated heterocycles. The lowest BCUT2D eigenvalue weighted by atomic mass is 10.0. The molecule has 1 aliphatic heterocycles. The molecular formula is C21H24N2O3. The Morgan fingerprint density at radius 3 is 2.35 bits per heavy atom. The van der Waals surface area contributed by atoms with Crippen LogP contribution in [0.4, 0.5) is 4.79 Å². The van der Waals surface area contributed by atoms with Gasteiger partial charge in [-0.2, -0.15) is 0 Å². The minimum Gasteiger partial charge on any atom is -0.493 e. The summed E-state index contributed by atoms with van der Waals surface area (Å²) in [6.45, 7) is 3.26. The molecule has 1 aliphatic carbocycles. The van der Waals surface area contributed by atoms with Crippen molar-refractivity contribution in [3.05, 3.63) is 59.7 Å². The van der Waals surface area contributed by atoms with Crippen molar-refractivity contribution in [3.63, 3.8) is 0 Å². The number of carbonyl (C=O) groups excluding carboxylic acids is 1. The summed E-state index contributed by atoms with van der Waals surface area (Å²) >= 11 is 0. The second-order valence-electron chi connectivity index (χ2n) is 7.17. The number of carbonyl (C=O) groups is 1. The Kier molecular flexibility index (Phi) is 4.23. The smallest absolute Gasteiger partial charge is 0.318 e. The van der Waals surface area contributed by atoms with Gasteiger partial charge in [-0.25, -0.2) is 4.79 Å². The first kappa shape index (κ1) is 16.8. The van der Waals surface area contributed by atoms with Crippen molar-refractivity contribution in [2.24, 2.45) is 0 Å². The van der Waals surface area contributed by atoms with Gasteiger partial charge in [0.15, 0.2) is 11.5 Å². The summed E-state index contributed by atoms with van der Waals surface area (Å²) < 4.78 is 11.3. The first-order valence-corrected chi connectivity index (χ1v) is 9.03. The Labute approximate surface area is 153 Å². The number of para-hydroxylation sites is 2. The molecule has 5 nitrogen and oxygen atoms in total. The second kappa shape index (κ2) is 6.56. The number of amides is 2. The van der Waals surface area contributed by atoms with E-state index in [2.05, 4.69) is 36.5 Å². The molecule has 0 unspecified atom stereocenters. The topological polar surface area (TPSA) is 50.8 Å². The molecule has 1 saturated carbocycles. The van der Waals surface area contributed by atoms with Gasteiger partial charge in [-0.3, -0.25) is 0 Å². The van der Waals surface area contributed by atoms with Gasteiger partial charge in [0.1, 0.15) is 6.10 Å². The van der Waals surface area contributed by atoms with E-state index >= 15 is 0 Å². The second-order valence-corrected chi connectivity index (χ2v) is 7.17. The number of urea groups is 1. The van der Waals surface area contributed by atoms with E-state index in [0.29, 0.717) is 18.8 Å². The normalized spacial score (nSPS) is 18.0. The van der Waals surface area contributed by atoms with E-state index in [1.807, 2.05) is 24.3 Å². The van der Waals surface area contributed by atoms with Gasteiger partial charge in [0.05, 0.1) is 25.7 Å². The van der Waals surface area contributed by atoms with Crippen molar-refractivity contribution >= 4 is 6.03 Å². The van der Waals surface area contributed by atoms with Crippen LogP contribution in [-0.2, 0) is 5.54 Å². The quantitative estimate of drug-likeness (QED) is 0.896.